The fourth-order valence-electron chi connectivity index (χ4n) is 2.90. The predicted molar refractivity (Wildman–Crippen MR) is 88.9 cm³/mol. The van der Waals surface area contributed by atoms with Gasteiger partial charge in [-0.25, -0.2) is 0 Å². The summed E-state index contributed by atoms with van der Waals surface area (Å²) in [5.41, 5.74) is 5.19. The molecule has 4 nitrogen and oxygen atoms in total. The SMILES string of the molecule is COc1ccc(Cn2c(C)c(C)c3c(=O)cc(C)[nH]c32)cc1. The van der Waals surface area contributed by atoms with E-state index in [1.54, 1.807) is 13.2 Å². The van der Waals surface area contributed by atoms with Crippen molar-refractivity contribution in [1.29, 1.82) is 0 Å². The number of rotatable bonds is 3. The Balaban J connectivity index is 2.13. The largest absolute Gasteiger partial charge is 0.497 e. The van der Waals surface area contributed by atoms with Crippen LogP contribution < -0.4 is 10.2 Å². The van der Waals surface area contributed by atoms with Crippen LogP contribution >= 0.6 is 0 Å². The topological polar surface area (TPSA) is 47.0 Å². The molecule has 0 aliphatic heterocycles. The van der Waals surface area contributed by atoms with Crippen molar-refractivity contribution in [3.63, 3.8) is 0 Å². The van der Waals surface area contributed by atoms with Crippen molar-refractivity contribution in [1.82, 2.24) is 9.55 Å². The molecule has 0 unspecified atom stereocenters. The molecule has 114 valence electrons. The molecule has 22 heavy (non-hydrogen) atoms. The fourth-order valence-corrected chi connectivity index (χ4v) is 2.90. The lowest BCUT2D eigenvalue weighted by atomic mass is 10.2. The van der Waals surface area contributed by atoms with Gasteiger partial charge >= 0.3 is 0 Å². The van der Waals surface area contributed by atoms with Crippen LogP contribution in [0.1, 0.15) is 22.5 Å². The second-order valence-corrected chi connectivity index (χ2v) is 5.68. The molecule has 0 saturated carbocycles. The molecule has 0 saturated heterocycles. The maximum absolute atomic E-state index is 12.3. The summed E-state index contributed by atoms with van der Waals surface area (Å²) in [5.74, 6) is 0.846. The summed E-state index contributed by atoms with van der Waals surface area (Å²) in [6.07, 6.45) is 0. The lowest BCUT2D eigenvalue weighted by Crippen LogP contribution is -2.06. The van der Waals surface area contributed by atoms with E-state index in [0.29, 0.717) is 0 Å². The number of methoxy groups -OCH3 is 1. The number of hydrogen-bond donors (Lipinski definition) is 1. The van der Waals surface area contributed by atoms with Crippen molar-refractivity contribution in [3.8, 4) is 5.75 Å². The lowest BCUT2D eigenvalue weighted by Gasteiger charge is -2.10. The Kier molecular flexibility index (Phi) is 3.53. The first-order chi connectivity index (χ1) is 10.5. The number of benzene rings is 1. The summed E-state index contributed by atoms with van der Waals surface area (Å²) < 4.78 is 7.36. The maximum atomic E-state index is 12.3. The van der Waals surface area contributed by atoms with Gasteiger partial charge in [-0.3, -0.25) is 4.79 Å². The Bertz CT molecular complexity index is 886. The van der Waals surface area contributed by atoms with Crippen LogP contribution in [-0.2, 0) is 6.54 Å². The van der Waals surface area contributed by atoms with Gasteiger partial charge in [0.2, 0.25) is 0 Å². The number of nitrogens with zero attached hydrogens (tertiary/aromatic N) is 1. The number of aryl methyl sites for hydroxylation is 2. The third-order valence-electron chi connectivity index (χ3n) is 4.24. The number of H-pyrrole nitrogens is 1. The standard InChI is InChI=1S/C18H20N2O2/c1-11-9-16(21)17-12(2)13(3)20(18(17)19-11)10-14-5-7-15(22-4)8-6-14/h5-9H,10H2,1-4H3,(H,19,21). The maximum Gasteiger partial charge on any atom is 0.191 e. The molecule has 3 aromatic rings. The van der Waals surface area contributed by atoms with Gasteiger partial charge in [0.1, 0.15) is 11.4 Å². The van der Waals surface area contributed by atoms with Crippen molar-refractivity contribution in [3.05, 3.63) is 63.1 Å². The number of ether oxygens (including phenoxy) is 1. The van der Waals surface area contributed by atoms with Gasteiger partial charge in [0, 0.05) is 24.0 Å². The molecule has 1 aromatic carbocycles. The third kappa shape index (κ3) is 2.30. The molecule has 0 fully saturated rings. The summed E-state index contributed by atoms with van der Waals surface area (Å²) >= 11 is 0. The quantitative estimate of drug-likeness (QED) is 0.806. The molecule has 0 aliphatic rings. The molecular weight excluding hydrogens is 276 g/mol. The van der Waals surface area contributed by atoms with Crippen LogP contribution in [0.25, 0.3) is 11.0 Å². The smallest absolute Gasteiger partial charge is 0.191 e. The van der Waals surface area contributed by atoms with Crippen molar-refractivity contribution < 1.29 is 4.74 Å². The van der Waals surface area contributed by atoms with Gasteiger partial charge in [-0.2, -0.15) is 0 Å². The second-order valence-electron chi connectivity index (χ2n) is 5.68. The molecular formula is C18H20N2O2. The van der Waals surface area contributed by atoms with Crippen molar-refractivity contribution >= 4 is 11.0 Å². The predicted octanol–water partition coefficient (Wildman–Crippen LogP) is 3.31. The minimum absolute atomic E-state index is 0.0836. The second kappa shape index (κ2) is 5.37. The van der Waals surface area contributed by atoms with E-state index < -0.39 is 0 Å². The minimum Gasteiger partial charge on any atom is -0.497 e. The average molecular weight is 296 g/mol. The zero-order valence-electron chi connectivity index (χ0n) is 13.4. The minimum atomic E-state index is 0.0836. The highest BCUT2D eigenvalue weighted by Gasteiger charge is 2.14. The highest BCUT2D eigenvalue weighted by molar-refractivity contribution is 5.82. The molecule has 0 bridgehead atoms. The van der Waals surface area contributed by atoms with Crippen molar-refractivity contribution in [2.24, 2.45) is 0 Å². The summed E-state index contributed by atoms with van der Waals surface area (Å²) in [6, 6.07) is 9.67. The zero-order valence-corrected chi connectivity index (χ0v) is 13.4. The first-order valence-electron chi connectivity index (χ1n) is 7.33. The van der Waals surface area contributed by atoms with Crippen LogP contribution in [0.2, 0.25) is 0 Å². The number of fused-ring (bicyclic) bond motifs is 1. The normalized spacial score (nSPS) is 11.1. The molecule has 0 amide bonds. The summed E-state index contributed by atoms with van der Waals surface area (Å²) in [4.78, 5) is 15.6. The number of pyridine rings is 1. The van der Waals surface area contributed by atoms with Crippen LogP contribution in [0.4, 0.5) is 0 Å². The van der Waals surface area contributed by atoms with Gasteiger partial charge in [-0.05, 0) is 44.0 Å². The van der Waals surface area contributed by atoms with Crippen molar-refractivity contribution in [2.75, 3.05) is 7.11 Å². The van der Waals surface area contributed by atoms with Gasteiger partial charge in [-0.1, -0.05) is 12.1 Å². The van der Waals surface area contributed by atoms with E-state index in [4.69, 9.17) is 4.74 Å². The Morgan fingerprint density at radius 2 is 1.82 bits per heavy atom. The molecule has 0 atom stereocenters. The molecule has 1 N–H and O–H groups in total. The molecule has 2 heterocycles. The van der Waals surface area contributed by atoms with Crippen LogP contribution in [0, 0.1) is 20.8 Å². The summed E-state index contributed by atoms with van der Waals surface area (Å²) in [5, 5.41) is 0.789. The van der Waals surface area contributed by atoms with Gasteiger partial charge in [0.05, 0.1) is 12.5 Å². The summed E-state index contributed by atoms with van der Waals surface area (Å²) in [6.45, 7) is 6.70. The van der Waals surface area contributed by atoms with E-state index in [1.807, 2.05) is 38.1 Å². The highest BCUT2D eigenvalue weighted by atomic mass is 16.5. The van der Waals surface area contributed by atoms with Gasteiger partial charge in [-0.15, -0.1) is 0 Å². The number of aromatic amines is 1. The highest BCUT2D eigenvalue weighted by Crippen LogP contribution is 2.23. The third-order valence-corrected chi connectivity index (χ3v) is 4.24. The molecule has 3 rings (SSSR count). The van der Waals surface area contributed by atoms with Gasteiger partial charge < -0.3 is 14.3 Å². The van der Waals surface area contributed by atoms with Crippen molar-refractivity contribution in [2.45, 2.75) is 27.3 Å². The Hall–Kier alpha value is -2.49. The monoisotopic (exact) mass is 296 g/mol. The van der Waals surface area contributed by atoms with E-state index in [0.717, 1.165) is 40.3 Å². The van der Waals surface area contributed by atoms with Gasteiger partial charge in [0.25, 0.3) is 0 Å². The van der Waals surface area contributed by atoms with E-state index in [1.165, 1.54) is 5.56 Å². The number of nitrogens with one attached hydrogen (secondary N) is 1. The van der Waals surface area contributed by atoms with E-state index in [9.17, 15) is 4.79 Å². The molecule has 4 heteroatoms. The Morgan fingerprint density at radius 3 is 2.45 bits per heavy atom. The first-order valence-corrected chi connectivity index (χ1v) is 7.33. The number of aromatic nitrogens is 2. The van der Waals surface area contributed by atoms with Crippen LogP contribution in [0.15, 0.2) is 35.1 Å². The van der Waals surface area contributed by atoms with E-state index >= 15 is 0 Å². The van der Waals surface area contributed by atoms with E-state index in [2.05, 4.69) is 16.5 Å². The Morgan fingerprint density at radius 1 is 1.14 bits per heavy atom. The van der Waals surface area contributed by atoms with Crippen LogP contribution in [0.3, 0.4) is 0 Å². The van der Waals surface area contributed by atoms with Gasteiger partial charge in [0.15, 0.2) is 5.43 Å². The lowest BCUT2D eigenvalue weighted by molar-refractivity contribution is 0.414. The molecule has 0 spiro atoms. The fraction of sp³-hybridized carbons (Fsp3) is 0.278. The molecule has 0 aliphatic carbocycles. The number of hydrogen-bond acceptors (Lipinski definition) is 2. The zero-order chi connectivity index (χ0) is 15.9. The summed E-state index contributed by atoms with van der Waals surface area (Å²) in [7, 11) is 1.66. The van der Waals surface area contributed by atoms with E-state index in [-0.39, 0.29) is 5.43 Å². The van der Waals surface area contributed by atoms with Crippen LogP contribution in [0.5, 0.6) is 5.75 Å². The molecule has 0 radical (unpaired) electrons. The Labute approximate surface area is 129 Å². The first kappa shape index (κ1) is 14.4. The van der Waals surface area contributed by atoms with Crippen LogP contribution in [-0.4, -0.2) is 16.7 Å². The average Bonchev–Trinajstić information content (AvgIpc) is 2.73. The molecule has 2 aromatic heterocycles.